The van der Waals surface area contributed by atoms with Crippen molar-refractivity contribution in [3.8, 4) is 11.8 Å². The summed E-state index contributed by atoms with van der Waals surface area (Å²) in [6.45, 7) is 0. The van der Waals surface area contributed by atoms with Crippen LogP contribution in [0.15, 0.2) is 18.2 Å². The third-order valence-corrected chi connectivity index (χ3v) is 3.05. The lowest BCUT2D eigenvalue weighted by atomic mass is 10.0. The maximum atomic E-state index is 12.5. The Morgan fingerprint density at radius 1 is 1.47 bits per heavy atom. The lowest BCUT2D eigenvalue weighted by molar-refractivity contribution is 0.431. The number of rotatable bonds is 0. The minimum absolute atomic E-state index is 0.139. The van der Waals surface area contributed by atoms with Gasteiger partial charge in [-0.1, -0.05) is 28.4 Å². The van der Waals surface area contributed by atoms with Crippen LogP contribution in [0.25, 0.3) is 0 Å². The molecule has 2 nitrogen and oxygen atoms in total. The van der Waals surface area contributed by atoms with Gasteiger partial charge in [0.15, 0.2) is 11.6 Å². The highest BCUT2D eigenvalue weighted by atomic mass is 79.9. The summed E-state index contributed by atoms with van der Waals surface area (Å²) < 4.78 is 12.5. The highest BCUT2D eigenvalue weighted by Crippen LogP contribution is 2.25. The number of phenolic OH excluding ortho intramolecular Hbond substituents is 1. The second-order valence-corrected chi connectivity index (χ2v) is 4.57. The number of benzene rings is 1. The molecule has 4 heteroatoms. The van der Waals surface area contributed by atoms with Crippen molar-refractivity contribution in [3.05, 3.63) is 29.6 Å². The number of nitriles is 1. The number of phenols is 1. The van der Waals surface area contributed by atoms with Gasteiger partial charge >= 0.3 is 0 Å². The minimum atomic E-state index is -0.856. The van der Waals surface area contributed by atoms with Crippen molar-refractivity contribution in [1.82, 2.24) is 0 Å². The lowest BCUT2D eigenvalue weighted by Gasteiger charge is -2.16. The van der Waals surface area contributed by atoms with Gasteiger partial charge < -0.3 is 5.11 Å². The first-order valence-corrected chi connectivity index (χ1v) is 5.58. The molecule has 0 spiro atoms. The van der Waals surface area contributed by atoms with E-state index >= 15 is 0 Å². The fraction of sp³-hybridized carbons (Fsp3) is 0.364. The number of aromatic hydroxyl groups is 1. The summed E-state index contributed by atoms with van der Waals surface area (Å²) in [6.07, 6.45) is 4.25. The van der Waals surface area contributed by atoms with Crippen LogP contribution in [-0.4, -0.2) is 9.93 Å². The van der Waals surface area contributed by atoms with Gasteiger partial charge in [0.2, 0.25) is 0 Å². The van der Waals surface area contributed by atoms with E-state index < -0.39 is 11.6 Å². The van der Waals surface area contributed by atoms with Gasteiger partial charge in [-0.05, 0) is 25.0 Å². The average molecular weight is 272 g/mol. The normalized spacial score (nSPS) is 14.5. The molecule has 0 heterocycles. The molecule has 0 unspecified atom stereocenters. The molecule has 0 radical (unpaired) electrons. The maximum absolute atomic E-state index is 12.5. The molecule has 1 N–H and O–H groups in total. The molecule has 1 aliphatic carbocycles. The predicted molar refractivity (Wildman–Crippen MR) is 59.3 cm³/mol. The van der Waals surface area contributed by atoms with Gasteiger partial charge in [0.05, 0.1) is 5.56 Å². The van der Waals surface area contributed by atoms with Gasteiger partial charge in [-0.3, -0.25) is 0 Å². The fourth-order valence-electron chi connectivity index (χ4n) is 0.965. The Morgan fingerprint density at radius 3 is 2.40 bits per heavy atom. The second kappa shape index (κ2) is 5.72. The van der Waals surface area contributed by atoms with Crippen molar-refractivity contribution in [2.75, 3.05) is 0 Å². The summed E-state index contributed by atoms with van der Waals surface area (Å²) in [6, 6.07) is 5.51. The summed E-state index contributed by atoms with van der Waals surface area (Å²) in [4.78, 5) is 0.877. The van der Waals surface area contributed by atoms with Crippen molar-refractivity contribution in [2.24, 2.45) is 0 Å². The monoisotopic (exact) mass is 271 g/mol. The zero-order valence-corrected chi connectivity index (χ0v) is 9.67. The van der Waals surface area contributed by atoms with Gasteiger partial charge in [-0.2, -0.15) is 5.26 Å². The summed E-state index contributed by atoms with van der Waals surface area (Å²) >= 11 is 3.46. The van der Waals surface area contributed by atoms with Gasteiger partial charge in [0.1, 0.15) is 6.07 Å². The Morgan fingerprint density at radius 2 is 2.07 bits per heavy atom. The topological polar surface area (TPSA) is 44.0 Å². The van der Waals surface area contributed by atoms with Crippen LogP contribution in [0.5, 0.6) is 5.75 Å². The predicted octanol–water partition coefficient (Wildman–Crippen LogP) is 3.34. The molecular weight excluding hydrogens is 261 g/mol. The molecule has 1 fully saturated rings. The molecule has 1 aliphatic rings. The molecule has 0 aliphatic heterocycles. The van der Waals surface area contributed by atoms with Gasteiger partial charge in [-0.25, -0.2) is 4.39 Å². The summed E-state index contributed by atoms with van der Waals surface area (Å²) in [5.74, 6) is -1.34. The zero-order chi connectivity index (χ0) is 11.3. The van der Waals surface area contributed by atoms with Crippen molar-refractivity contribution in [2.45, 2.75) is 24.1 Å². The van der Waals surface area contributed by atoms with Crippen LogP contribution < -0.4 is 0 Å². The average Bonchev–Trinajstić information content (AvgIpc) is 2.20. The van der Waals surface area contributed by atoms with E-state index in [4.69, 9.17) is 10.4 Å². The van der Waals surface area contributed by atoms with E-state index in [9.17, 15) is 4.39 Å². The van der Waals surface area contributed by atoms with E-state index in [0.717, 1.165) is 4.83 Å². The third-order valence-electron chi connectivity index (χ3n) is 2.13. The van der Waals surface area contributed by atoms with Crippen LogP contribution in [0.2, 0.25) is 0 Å². The number of alkyl halides is 1. The van der Waals surface area contributed by atoms with Crippen LogP contribution in [0.1, 0.15) is 24.8 Å². The molecule has 0 amide bonds. The zero-order valence-electron chi connectivity index (χ0n) is 8.08. The number of hydrogen-bond acceptors (Lipinski definition) is 2. The van der Waals surface area contributed by atoms with E-state index in [1.54, 1.807) is 6.07 Å². The Labute approximate surface area is 96.5 Å². The largest absolute Gasteiger partial charge is 0.505 e. The van der Waals surface area contributed by atoms with Crippen LogP contribution in [-0.2, 0) is 0 Å². The van der Waals surface area contributed by atoms with Crippen LogP contribution >= 0.6 is 15.9 Å². The Balaban J connectivity index is 0.000000187. The molecule has 80 valence electrons. The van der Waals surface area contributed by atoms with Gasteiger partial charge in [-0.15, -0.1) is 0 Å². The Bertz CT molecular complexity index is 371. The molecule has 1 aromatic carbocycles. The van der Waals surface area contributed by atoms with E-state index in [1.807, 2.05) is 0 Å². The Hall–Kier alpha value is -1.08. The van der Waals surface area contributed by atoms with Crippen molar-refractivity contribution in [1.29, 1.82) is 5.26 Å². The van der Waals surface area contributed by atoms with Crippen LogP contribution in [0.3, 0.4) is 0 Å². The van der Waals surface area contributed by atoms with E-state index in [2.05, 4.69) is 15.9 Å². The van der Waals surface area contributed by atoms with Gasteiger partial charge in [0.25, 0.3) is 0 Å². The molecule has 1 saturated carbocycles. The Kier molecular flexibility index (Phi) is 4.57. The summed E-state index contributed by atoms with van der Waals surface area (Å²) in [7, 11) is 0. The molecule has 0 atom stereocenters. The number of nitrogens with zero attached hydrogens (tertiary/aromatic N) is 1. The van der Waals surface area contributed by atoms with E-state index in [0.29, 0.717) is 0 Å². The quantitative estimate of drug-likeness (QED) is 0.736. The third kappa shape index (κ3) is 3.52. The molecule has 0 saturated heterocycles. The molecular formula is C11H11BrFNO. The first kappa shape index (κ1) is 12.0. The molecule has 2 rings (SSSR count). The minimum Gasteiger partial charge on any atom is -0.505 e. The van der Waals surface area contributed by atoms with Crippen molar-refractivity contribution >= 4 is 15.9 Å². The molecule has 1 aromatic rings. The smallest absolute Gasteiger partial charge is 0.182 e. The van der Waals surface area contributed by atoms with E-state index in [-0.39, 0.29) is 5.56 Å². The lowest BCUT2D eigenvalue weighted by Crippen LogP contribution is -2.07. The maximum Gasteiger partial charge on any atom is 0.182 e. The SMILES string of the molecule is BrC1CCC1.N#Cc1cccc(O)c1F. The number of hydrogen-bond donors (Lipinski definition) is 1. The molecule has 15 heavy (non-hydrogen) atoms. The standard InChI is InChI=1S/C7H4FNO.C4H7Br/c8-7-5(4-9)2-1-3-6(7)10;5-4-2-1-3-4/h1-3,10H;4H,1-3H2. The summed E-state index contributed by atoms with van der Waals surface area (Å²) in [5, 5.41) is 16.9. The first-order chi connectivity index (χ1) is 7.15. The first-order valence-electron chi connectivity index (χ1n) is 4.66. The van der Waals surface area contributed by atoms with Gasteiger partial charge in [0, 0.05) is 4.83 Å². The highest BCUT2D eigenvalue weighted by Gasteiger charge is 2.11. The van der Waals surface area contributed by atoms with Crippen LogP contribution in [0, 0.1) is 17.1 Å². The fourth-order valence-corrected chi connectivity index (χ4v) is 1.61. The van der Waals surface area contributed by atoms with Crippen molar-refractivity contribution < 1.29 is 9.50 Å². The highest BCUT2D eigenvalue weighted by molar-refractivity contribution is 9.09. The second-order valence-electron chi connectivity index (χ2n) is 3.28. The molecule has 0 bridgehead atoms. The number of halogens is 2. The summed E-state index contributed by atoms with van der Waals surface area (Å²) in [5.41, 5.74) is -0.139. The molecule has 0 aromatic heterocycles. The van der Waals surface area contributed by atoms with E-state index in [1.165, 1.54) is 37.5 Å². The van der Waals surface area contributed by atoms with Crippen molar-refractivity contribution in [3.63, 3.8) is 0 Å². The van der Waals surface area contributed by atoms with Crippen LogP contribution in [0.4, 0.5) is 4.39 Å².